The molecule has 20 heavy (non-hydrogen) atoms. The number of rotatable bonds is 3. The van der Waals surface area contributed by atoms with E-state index in [2.05, 4.69) is 30.3 Å². The zero-order valence-electron chi connectivity index (χ0n) is 12.1. The summed E-state index contributed by atoms with van der Waals surface area (Å²) in [5.74, 6) is 0.551. The van der Waals surface area contributed by atoms with Crippen LogP contribution in [-0.4, -0.2) is 37.0 Å². The molecule has 1 aromatic rings. The summed E-state index contributed by atoms with van der Waals surface area (Å²) < 4.78 is 0. The van der Waals surface area contributed by atoms with Gasteiger partial charge in [0.25, 0.3) is 0 Å². The van der Waals surface area contributed by atoms with Crippen LogP contribution in [0.1, 0.15) is 24.5 Å². The molecule has 2 atom stereocenters. The molecule has 0 radical (unpaired) electrons. The molecule has 2 rings (SSSR count). The largest absolute Gasteiger partial charge is 0.353 e. The Bertz CT molecular complexity index is 503. The van der Waals surface area contributed by atoms with Crippen LogP contribution in [0.3, 0.4) is 0 Å². The molecule has 0 aromatic heterocycles. The molecule has 1 aliphatic heterocycles. The zero-order valence-corrected chi connectivity index (χ0v) is 12.1. The summed E-state index contributed by atoms with van der Waals surface area (Å²) in [7, 11) is 2.12. The lowest BCUT2D eigenvalue weighted by molar-refractivity contribution is -0.121. The first-order valence-corrected chi connectivity index (χ1v) is 7.05. The molecule has 0 spiro atoms. The first kappa shape index (κ1) is 14.5. The number of benzene rings is 1. The fourth-order valence-corrected chi connectivity index (χ4v) is 2.71. The van der Waals surface area contributed by atoms with Gasteiger partial charge >= 0.3 is 0 Å². The molecular formula is C16H21N3O. The normalized spacial score (nSPS) is 23.1. The minimum atomic E-state index is 0.0658. The lowest BCUT2D eigenvalue weighted by atomic mass is 9.94. The van der Waals surface area contributed by atoms with Gasteiger partial charge in [0.2, 0.25) is 5.91 Å². The van der Waals surface area contributed by atoms with Crippen LogP contribution in [0.25, 0.3) is 0 Å². The van der Waals surface area contributed by atoms with E-state index in [0.717, 1.165) is 25.1 Å². The fourth-order valence-electron chi connectivity index (χ4n) is 2.71. The number of nitriles is 1. The van der Waals surface area contributed by atoms with Gasteiger partial charge in [0.1, 0.15) is 0 Å². The second kappa shape index (κ2) is 6.53. The molecule has 1 heterocycles. The summed E-state index contributed by atoms with van der Waals surface area (Å²) in [6.45, 7) is 4.25. The van der Waals surface area contributed by atoms with E-state index in [-0.39, 0.29) is 11.9 Å². The second-order valence-corrected chi connectivity index (χ2v) is 5.69. The van der Waals surface area contributed by atoms with Gasteiger partial charge in [0, 0.05) is 12.6 Å². The van der Waals surface area contributed by atoms with E-state index in [1.165, 1.54) is 0 Å². The first-order chi connectivity index (χ1) is 9.58. The highest BCUT2D eigenvalue weighted by molar-refractivity contribution is 5.78. The first-order valence-electron chi connectivity index (χ1n) is 7.05. The molecule has 106 valence electrons. The predicted molar refractivity (Wildman–Crippen MR) is 78.1 cm³/mol. The number of carbonyl (C=O) groups is 1. The maximum Gasteiger partial charge on any atom is 0.224 e. The average Bonchev–Trinajstić information content (AvgIpc) is 2.43. The van der Waals surface area contributed by atoms with Gasteiger partial charge in [-0.2, -0.15) is 5.26 Å². The summed E-state index contributed by atoms with van der Waals surface area (Å²) >= 11 is 0. The van der Waals surface area contributed by atoms with Crippen LogP contribution in [0.2, 0.25) is 0 Å². The Labute approximate surface area is 120 Å². The molecule has 4 nitrogen and oxygen atoms in total. The van der Waals surface area contributed by atoms with Crippen LogP contribution in [-0.2, 0) is 11.2 Å². The lowest BCUT2D eigenvalue weighted by Crippen LogP contribution is -2.49. The Hall–Kier alpha value is -1.86. The van der Waals surface area contributed by atoms with E-state index >= 15 is 0 Å². The maximum absolute atomic E-state index is 12.1. The van der Waals surface area contributed by atoms with Gasteiger partial charge < -0.3 is 10.2 Å². The smallest absolute Gasteiger partial charge is 0.224 e. The molecule has 0 saturated carbocycles. The van der Waals surface area contributed by atoms with Gasteiger partial charge in [-0.15, -0.1) is 0 Å². The van der Waals surface area contributed by atoms with Crippen LogP contribution < -0.4 is 5.32 Å². The summed E-state index contributed by atoms with van der Waals surface area (Å²) in [5, 5.41) is 11.9. The number of nitrogens with one attached hydrogen (secondary N) is 1. The third-order valence-electron chi connectivity index (χ3n) is 3.90. The molecular weight excluding hydrogens is 250 g/mol. The Morgan fingerprint density at radius 3 is 2.75 bits per heavy atom. The summed E-state index contributed by atoms with van der Waals surface area (Å²) in [5.41, 5.74) is 1.57. The van der Waals surface area contributed by atoms with Crippen molar-refractivity contribution in [1.29, 1.82) is 5.26 Å². The van der Waals surface area contributed by atoms with E-state index in [1.807, 2.05) is 12.1 Å². The number of carbonyl (C=O) groups excluding carboxylic acids is 1. The van der Waals surface area contributed by atoms with Crippen LogP contribution >= 0.6 is 0 Å². The standard InChI is InChI=1S/C16H21N3O/c1-12-11-19(2)8-7-15(12)18-16(20)9-13-3-5-14(10-17)6-4-13/h3-6,12,15H,7-9,11H2,1-2H3,(H,18,20). The zero-order chi connectivity index (χ0) is 14.5. The van der Waals surface area contributed by atoms with E-state index in [4.69, 9.17) is 5.26 Å². The van der Waals surface area contributed by atoms with Crippen molar-refractivity contribution in [3.63, 3.8) is 0 Å². The van der Waals surface area contributed by atoms with Gasteiger partial charge in [-0.3, -0.25) is 4.79 Å². The highest BCUT2D eigenvalue weighted by Crippen LogP contribution is 2.15. The molecule has 4 heteroatoms. The van der Waals surface area contributed by atoms with Crippen LogP contribution in [0.4, 0.5) is 0 Å². The van der Waals surface area contributed by atoms with Gasteiger partial charge in [0.05, 0.1) is 18.1 Å². The van der Waals surface area contributed by atoms with E-state index in [1.54, 1.807) is 12.1 Å². The van der Waals surface area contributed by atoms with Gasteiger partial charge in [-0.05, 0) is 43.6 Å². The number of hydrogen-bond donors (Lipinski definition) is 1. The molecule has 1 aromatic carbocycles. The highest BCUT2D eigenvalue weighted by Gasteiger charge is 2.25. The number of piperidine rings is 1. The SMILES string of the molecule is CC1CN(C)CCC1NC(=O)Cc1ccc(C#N)cc1. The Balaban J connectivity index is 1.87. The second-order valence-electron chi connectivity index (χ2n) is 5.69. The molecule has 0 bridgehead atoms. The molecule has 1 amide bonds. The van der Waals surface area contributed by atoms with E-state index in [9.17, 15) is 4.79 Å². The molecule has 2 unspecified atom stereocenters. The van der Waals surface area contributed by atoms with Crippen LogP contribution in [0.15, 0.2) is 24.3 Å². The van der Waals surface area contributed by atoms with Crippen molar-refractivity contribution in [1.82, 2.24) is 10.2 Å². The maximum atomic E-state index is 12.1. The monoisotopic (exact) mass is 271 g/mol. The highest BCUT2D eigenvalue weighted by atomic mass is 16.1. The van der Waals surface area contributed by atoms with Crippen molar-refractivity contribution in [2.45, 2.75) is 25.8 Å². The quantitative estimate of drug-likeness (QED) is 0.907. The summed E-state index contributed by atoms with van der Waals surface area (Å²) in [4.78, 5) is 14.4. The van der Waals surface area contributed by atoms with Crippen molar-refractivity contribution >= 4 is 5.91 Å². The Morgan fingerprint density at radius 1 is 1.45 bits per heavy atom. The number of nitrogens with zero attached hydrogens (tertiary/aromatic N) is 2. The van der Waals surface area contributed by atoms with Gasteiger partial charge in [0.15, 0.2) is 0 Å². The molecule has 1 N–H and O–H groups in total. The molecule has 1 fully saturated rings. The number of amides is 1. The fraction of sp³-hybridized carbons (Fsp3) is 0.500. The van der Waals surface area contributed by atoms with Crippen molar-refractivity contribution < 1.29 is 4.79 Å². The van der Waals surface area contributed by atoms with E-state index in [0.29, 0.717) is 17.9 Å². The van der Waals surface area contributed by atoms with Gasteiger partial charge in [-0.25, -0.2) is 0 Å². The molecule has 1 saturated heterocycles. The van der Waals surface area contributed by atoms with Gasteiger partial charge in [-0.1, -0.05) is 19.1 Å². The third kappa shape index (κ3) is 3.82. The number of likely N-dealkylation sites (tertiary alicyclic amines) is 1. The summed E-state index contributed by atoms with van der Waals surface area (Å²) in [6, 6.07) is 9.54. The third-order valence-corrected chi connectivity index (χ3v) is 3.90. The lowest BCUT2D eigenvalue weighted by Gasteiger charge is -2.35. The molecule has 0 aliphatic carbocycles. The van der Waals surface area contributed by atoms with Crippen molar-refractivity contribution in [2.24, 2.45) is 5.92 Å². The predicted octanol–water partition coefficient (Wildman–Crippen LogP) is 1.56. The van der Waals surface area contributed by atoms with Crippen molar-refractivity contribution in [3.8, 4) is 6.07 Å². The van der Waals surface area contributed by atoms with Crippen LogP contribution in [0.5, 0.6) is 0 Å². The minimum absolute atomic E-state index is 0.0658. The van der Waals surface area contributed by atoms with Crippen molar-refractivity contribution in [3.05, 3.63) is 35.4 Å². The Morgan fingerprint density at radius 2 is 2.15 bits per heavy atom. The summed E-state index contributed by atoms with van der Waals surface area (Å²) in [6.07, 6.45) is 1.39. The Kier molecular flexibility index (Phi) is 4.75. The minimum Gasteiger partial charge on any atom is -0.353 e. The number of hydrogen-bond acceptors (Lipinski definition) is 3. The van der Waals surface area contributed by atoms with Crippen molar-refractivity contribution in [2.75, 3.05) is 20.1 Å². The topological polar surface area (TPSA) is 56.1 Å². The average molecular weight is 271 g/mol. The van der Waals surface area contributed by atoms with E-state index < -0.39 is 0 Å². The molecule has 1 aliphatic rings. The van der Waals surface area contributed by atoms with Crippen LogP contribution in [0, 0.1) is 17.2 Å².